The highest BCUT2D eigenvalue weighted by molar-refractivity contribution is 5.73. The van der Waals surface area contributed by atoms with Crippen LogP contribution in [0, 0.1) is 6.92 Å². The highest BCUT2D eigenvalue weighted by atomic mass is 19.4. The van der Waals surface area contributed by atoms with Gasteiger partial charge in [-0.2, -0.15) is 4.98 Å². The van der Waals surface area contributed by atoms with E-state index in [1.165, 1.54) is 24.3 Å². The Balaban J connectivity index is 1.27. The van der Waals surface area contributed by atoms with Crippen LogP contribution in [0.25, 0.3) is 23.1 Å². The van der Waals surface area contributed by atoms with Gasteiger partial charge in [-0.1, -0.05) is 5.16 Å². The van der Waals surface area contributed by atoms with Crippen LogP contribution in [0.1, 0.15) is 18.3 Å². The first-order chi connectivity index (χ1) is 18.1. The van der Waals surface area contributed by atoms with Gasteiger partial charge in [0.05, 0.1) is 6.54 Å². The van der Waals surface area contributed by atoms with E-state index in [4.69, 9.17) is 4.52 Å². The fraction of sp³-hybridized carbons (Fsp3) is 0.333. The first kappa shape index (κ1) is 25.2. The first-order valence-corrected chi connectivity index (χ1v) is 11.7. The van der Waals surface area contributed by atoms with Crippen molar-refractivity contribution in [3.05, 3.63) is 54.0 Å². The van der Waals surface area contributed by atoms with Gasteiger partial charge in [0.1, 0.15) is 17.4 Å². The lowest BCUT2D eigenvalue weighted by molar-refractivity contribution is -0.274. The van der Waals surface area contributed by atoms with Gasteiger partial charge < -0.3 is 19.1 Å². The minimum Gasteiger partial charge on any atom is -0.406 e. The maximum absolute atomic E-state index is 12.4. The third kappa shape index (κ3) is 5.74. The molecule has 0 atom stereocenters. The van der Waals surface area contributed by atoms with E-state index in [1.54, 1.807) is 24.7 Å². The SMILES string of the molecule is CC(=O)N1CCN(c2cc(Cn3nc(-c4nc(-c5ccc(OC(F)(F)F)cc5)no4)nc3C)ccn2)CC1. The number of alkyl halides is 3. The molecule has 4 heterocycles. The molecule has 11 nitrogen and oxygen atoms in total. The molecule has 0 radical (unpaired) electrons. The average Bonchev–Trinajstić information content (AvgIpc) is 3.51. The number of hydrogen-bond donors (Lipinski definition) is 0. The van der Waals surface area contributed by atoms with Gasteiger partial charge in [0.2, 0.25) is 17.6 Å². The molecule has 0 N–H and O–H groups in total. The molecule has 0 bridgehead atoms. The summed E-state index contributed by atoms with van der Waals surface area (Å²) in [6.45, 7) is 6.54. The summed E-state index contributed by atoms with van der Waals surface area (Å²) in [5, 5.41) is 8.39. The van der Waals surface area contributed by atoms with Crippen molar-refractivity contribution in [3.8, 4) is 28.9 Å². The number of amides is 1. The molecule has 3 aromatic heterocycles. The van der Waals surface area contributed by atoms with Crippen LogP contribution >= 0.6 is 0 Å². The molecule has 14 heteroatoms. The molecule has 198 valence electrons. The zero-order chi connectivity index (χ0) is 26.9. The van der Waals surface area contributed by atoms with Crippen LogP contribution in [0.5, 0.6) is 5.75 Å². The zero-order valence-electron chi connectivity index (χ0n) is 20.5. The minimum atomic E-state index is -4.77. The quantitative estimate of drug-likeness (QED) is 0.372. The largest absolute Gasteiger partial charge is 0.573 e. The number of aromatic nitrogens is 6. The van der Waals surface area contributed by atoms with E-state index in [0.717, 1.165) is 11.4 Å². The maximum atomic E-state index is 12.4. The Morgan fingerprint density at radius 1 is 1.05 bits per heavy atom. The standard InChI is InChI=1S/C24H23F3N8O3/c1-15-29-22(23-30-21(32-38-23)18-3-5-19(6-4-18)37-24(25,26)27)31-35(15)14-17-7-8-28-20(13-17)34-11-9-33(10-12-34)16(2)36/h3-8,13H,9-12,14H2,1-2H3. The van der Waals surface area contributed by atoms with Crippen LogP contribution in [0.2, 0.25) is 0 Å². The number of nitrogens with zero attached hydrogens (tertiary/aromatic N) is 8. The summed E-state index contributed by atoms with van der Waals surface area (Å²) >= 11 is 0. The van der Waals surface area contributed by atoms with E-state index >= 15 is 0 Å². The average molecular weight is 528 g/mol. The number of pyridine rings is 1. The van der Waals surface area contributed by atoms with Crippen molar-refractivity contribution in [1.82, 2.24) is 34.8 Å². The Bertz CT molecular complexity index is 1430. The monoisotopic (exact) mass is 528 g/mol. The Labute approximate surface area is 214 Å². The van der Waals surface area contributed by atoms with E-state index in [9.17, 15) is 18.0 Å². The normalized spacial score (nSPS) is 14.1. The molecule has 1 aliphatic heterocycles. The Kier molecular flexibility index (Phi) is 6.70. The summed E-state index contributed by atoms with van der Waals surface area (Å²) in [7, 11) is 0. The van der Waals surface area contributed by atoms with Crippen LogP contribution < -0.4 is 9.64 Å². The predicted molar refractivity (Wildman–Crippen MR) is 128 cm³/mol. The van der Waals surface area contributed by atoms with Crippen LogP contribution in [-0.2, 0) is 11.3 Å². The van der Waals surface area contributed by atoms with Crippen LogP contribution in [0.15, 0.2) is 47.1 Å². The number of carbonyl (C=O) groups excluding carboxylic acids is 1. The van der Waals surface area contributed by atoms with Crippen molar-refractivity contribution in [2.24, 2.45) is 0 Å². The number of rotatable bonds is 6. The van der Waals surface area contributed by atoms with Gasteiger partial charge in [0.15, 0.2) is 0 Å². The van der Waals surface area contributed by atoms with Gasteiger partial charge in [-0.3, -0.25) is 4.79 Å². The Morgan fingerprint density at radius 2 is 1.79 bits per heavy atom. The Hall–Kier alpha value is -4.49. The Morgan fingerprint density at radius 3 is 2.47 bits per heavy atom. The van der Waals surface area contributed by atoms with E-state index in [1.807, 2.05) is 17.0 Å². The highest BCUT2D eigenvalue weighted by Gasteiger charge is 2.31. The van der Waals surface area contributed by atoms with Gasteiger partial charge in [-0.15, -0.1) is 18.3 Å². The smallest absolute Gasteiger partial charge is 0.406 e. The number of aryl methyl sites for hydroxylation is 1. The van der Waals surface area contributed by atoms with Gasteiger partial charge in [0.25, 0.3) is 5.89 Å². The fourth-order valence-electron chi connectivity index (χ4n) is 4.05. The van der Waals surface area contributed by atoms with E-state index < -0.39 is 6.36 Å². The van der Waals surface area contributed by atoms with E-state index in [0.29, 0.717) is 44.1 Å². The van der Waals surface area contributed by atoms with Crippen molar-refractivity contribution in [2.75, 3.05) is 31.1 Å². The fourth-order valence-corrected chi connectivity index (χ4v) is 4.05. The van der Waals surface area contributed by atoms with E-state index in [2.05, 4.69) is 34.8 Å². The van der Waals surface area contributed by atoms with E-state index in [-0.39, 0.29) is 29.2 Å². The lowest BCUT2D eigenvalue weighted by atomic mass is 10.2. The third-order valence-electron chi connectivity index (χ3n) is 6.01. The molecular weight excluding hydrogens is 505 g/mol. The third-order valence-corrected chi connectivity index (χ3v) is 6.01. The molecule has 1 saturated heterocycles. The molecule has 0 saturated carbocycles. The molecule has 0 spiro atoms. The summed E-state index contributed by atoms with van der Waals surface area (Å²) < 4.78 is 48.0. The number of carbonyl (C=O) groups is 1. The van der Waals surface area contributed by atoms with Gasteiger partial charge in [-0.25, -0.2) is 14.6 Å². The minimum absolute atomic E-state index is 0.0747. The van der Waals surface area contributed by atoms with Gasteiger partial charge >= 0.3 is 6.36 Å². The lowest BCUT2D eigenvalue weighted by Gasteiger charge is -2.35. The van der Waals surface area contributed by atoms with Crippen molar-refractivity contribution in [3.63, 3.8) is 0 Å². The summed E-state index contributed by atoms with van der Waals surface area (Å²) in [6.07, 6.45) is -3.03. The van der Waals surface area contributed by atoms with Gasteiger partial charge in [0, 0.05) is 44.9 Å². The second-order valence-corrected chi connectivity index (χ2v) is 8.65. The molecule has 1 aromatic carbocycles. The number of halogens is 3. The maximum Gasteiger partial charge on any atom is 0.573 e. The lowest BCUT2D eigenvalue weighted by Crippen LogP contribution is -2.48. The molecule has 1 fully saturated rings. The number of benzene rings is 1. The summed E-state index contributed by atoms with van der Waals surface area (Å²) in [4.78, 5) is 28.7. The number of anilines is 1. The molecular formula is C24H23F3N8O3. The van der Waals surface area contributed by atoms with Crippen molar-refractivity contribution >= 4 is 11.7 Å². The molecule has 0 unspecified atom stereocenters. The van der Waals surface area contributed by atoms with Crippen molar-refractivity contribution in [1.29, 1.82) is 0 Å². The second-order valence-electron chi connectivity index (χ2n) is 8.65. The highest BCUT2D eigenvalue weighted by Crippen LogP contribution is 2.26. The summed E-state index contributed by atoms with van der Waals surface area (Å²) in [6, 6.07) is 9.01. The molecule has 4 aromatic rings. The molecule has 0 aliphatic carbocycles. The zero-order valence-corrected chi connectivity index (χ0v) is 20.5. The molecule has 5 rings (SSSR count). The summed E-state index contributed by atoms with van der Waals surface area (Å²) in [5.74, 6) is 1.67. The van der Waals surface area contributed by atoms with Crippen LogP contribution in [0.3, 0.4) is 0 Å². The molecule has 38 heavy (non-hydrogen) atoms. The van der Waals surface area contributed by atoms with Crippen molar-refractivity contribution < 1.29 is 27.2 Å². The van der Waals surface area contributed by atoms with Crippen molar-refractivity contribution in [2.45, 2.75) is 26.8 Å². The number of ether oxygens (including phenoxy) is 1. The van der Waals surface area contributed by atoms with Crippen LogP contribution in [-0.4, -0.2) is 73.2 Å². The number of hydrogen-bond acceptors (Lipinski definition) is 9. The van der Waals surface area contributed by atoms with Crippen LogP contribution in [0.4, 0.5) is 19.0 Å². The van der Waals surface area contributed by atoms with Gasteiger partial charge in [-0.05, 0) is 48.9 Å². The number of piperazine rings is 1. The topological polar surface area (TPSA) is 115 Å². The first-order valence-electron chi connectivity index (χ1n) is 11.7. The second kappa shape index (κ2) is 10.1. The molecule has 1 aliphatic rings. The summed E-state index contributed by atoms with van der Waals surface area (Å²) in [5.41, 5.74) is 1.41. The predicted octanol–water partition coefficient (Wildman–Crippen LogP) is 3.31. The molecule has 1 amide bonds.